The van der Waals surface area contributed by atoms with E-state index >= 15 is 0 Å². The van der Waals surface area contributed by atoms with Crippen molar-refractivity contribution in [1.82, 2.24) is 10.6 Å². The predicted octanol–water partition coefficient (Wildman–Crippen LogP) is 1.50. The zero-order valence-electron chi connectivity index (χ0n) is 11.4. The van der Waals surface area contributed by atoms with E-state index in [0.29, 0.717) is 0 Å². The third-order valence-corrected chi connectivity index (χ3v) is 3.45. The van der Waals surface area contributed by atoms with Crippen LogP contribution in [0.1, 0.15) is 24.8 Å². The summed E-state index contributed by atoms with van der Waals surface area (Å²) in [6, 6.07) is 8.09. The van der Waals surface area contributed by atoms with E-state index in [9.17, 15) is 4.79 Å². The molecular weight excluding hydrogens is 240 g/mol. The molecule has 1 aliphatic heterocycles. The largest absolute Gasteiger partial charge is 0.497 e. The third-order valence-electron chi connectivity index (χ3n) is 3.45. The molecule has 1 aromatic rings. The van der Waals surface area contributed by atoms with Crippen molar-refractivity contribution in [2.45, 2.75) is 31.7 Å². The standard InChI is InChI=1S/C15H22N2O2/c1-19-13-7-2-5-12(11-13)6-3-10-17-15(18)14-8-4-9-16-14/h2,5,7,11,14,16H,3-4,6,8-10H2,1H3,(H,17,18). The van der Waals surface area contributed by atoms with Crippen molar-refractivity contribution in [2.75, 3.05) is 20.2 Å². The number of aryl methyl sites for hydroxylation is 1. The lowest BCUT2D eigenvalue weighted by Crippen LogP contribution is -2.40. The number of amides is 1. The first-order valence-electron chi connectivity index (χ1n) is 6.93. The quantitative estimate of drug-likeness (QED) is 0.764. The molecule has 1 amide bonds. The molecule has 1 unspecified atom stereocenters. The van der Waals surface area contributed by atoms with E-state index < -0.39 is 0 Å². The van der Waals surface area contributed by atoms with Gasteiger partial charge in [0.05, 0.1) is 13.2 Å². The molecule has 104 valence electrons. The van der Waals surface area contributed by atoms with Crippen molar-refractivity contribution in [1.29, 1.82) is 0 Å². The summed E-state index contributed by atoms with van der Waals surface area (Å²) in [4.78, 5) is 11.8. The maximum atomic E-state index is 11.8. The van der Waals surface area contributed by atoms with Crippen LogP contribution in [0.3, 0.4) is 0 Å². The Balaban J connectivity index is 1.67. The highest BCUT2D eigenvalue weighted by Crippen LogP contribution is 2.13. The zero-order chi connectivity index (χ0) is 13.5. The van der Waals surface area contributed by atoms with Gasteiger partial charge < -0.3 is 15.4 Å². The van der Waals surface area contributed by atoms with Crippen molar-refractivity contribution < 1.29 is 9.53 Å². The normalized spacial score (nSPS) is 18.3. The van der Waals surface area contributed by atoms with Gasteiger partial charge >= 0.3 is 0 Å². The highest BCUT2D eigenvalue weighted by Gasteiger charge is 2.20. The first kappa shape index (κ1) is 13.9. The molecule has 0 radical (unpaired) electrons. The Bertz CT molecular complexity index is 414. The Morgan fingerprint density at radius 2 is 2.42 bits per heavy atom. The SMILES string of the molecule is COc1cccc(CCCNC(=O)C2CCCN2)c1. The third kappa shape index (κ3) is 4.24. The van der Waals surface area contributed by atoms with Crippen LogP contribution >= 0.6 is 0 Å². The minimum atomic E-state index is 0.0248. The average molecular weight is 262 g/mol. The van der Waals surface area contributed by atoms with Crippen LogP contribution in [0.25, 0.3) is 0 Å². The van der Waals surface area contributed by atoms with Crippen molar-refractivity contribution in [3.63, 3.8) is 0 Å². The van der Waals surface area contributed by atoms with Crippen molar-refractivity contribution in [2.24, 2.45) is 0 Å². The molecule has 0 bridgehead atoms. The molecule has 1 aliphatic rings. The summed E-state index contributed by atoms with van der Waals surface area (Å²) in [6.07, 6.45) is 3.96. The molecule has 2 N–H and O–H groups in total. The summed E-state index contributed by atoms with van der Waals surface area (Å²) in [5, 5.41) is 6.19. The molecule has 1 fully saturated rings. The molecule has 0 spiro atoms. The molecule has 1 atom stereocenters. The van der Waals surface area contributed by atoms with Gasteiger partial charge in [0, 0.05) is 6.54 Å². The van der Waals surface area contributed by atoms with Crippen LogP contribution in [0.15, 0.2) is 24.3 Å². The van der Waals surface area contributed by atoms with Crippen LogP contribution in [-0.4, -0.2) is 32.1 Å². The monoisotopic (exact) mass is 262 g/mol. The van der Waals surface area contributed by atoms with E-state index in [4.69, 9.17) is 4.74 Å². The van der Waals surface area contributed by atoms with Gasteiger partial charge in [0.15, 0.2) is 0 Å². The van der Waals surface area contributed by atoms with Crippen molar-refractivity contribution in [3.05, 3.63) is 29.8 Å². The summed E-state index contributed by atoms with van der Waals surface area (Å²) in [5.74, 6) is 1.03. The first-order valence-corrected chi connectivity index (χ1v) is 6.93. The van der Waals surface area contributed by atoms with Gasteiger partial charge in [0.2, 0.25) is 5.91 Å². The lowest BCUT2D eigenvalue weighted by molar-refractivity contribution is -0.122. The molecule has 4 heteroatoms. The van der Waals surface area contributed by atoms with E-state index in [2.05, 4.69) is 16.7 Å². The van der Waals surface area contributed by atoms with Gasteiger partial charge in [0.1, 0.15) is 5.75 Å². The number of hydrogen-bond acceptors (Lipinski definition) is 3. The Morgan fingerprint density at radius 1 is 1.53 bits per heavy atom. The van der Waals surface area contributed by atoms with Gasteiger partial charge in [-0.25, -0.2) is 0 Å². The molecule has 0 aliphatic carbocycles. The minimum absolute atomic E-state index is 0.0248. The molecule has 0 aromatic heterocycles. The van der Waals surface area contributed by atoms with Gasteiger partial charge in [-0.1, -0.05) is 12.1 Å². The first-order chi connectivity index (χ1) is 9.29. The van der Waals surface area contributed by atoms with E-state index in [0.717, 1.165) is 44.5 Å². The van der Waals surface area contributed by atoms with Crippen LogP contribution in [0.2, 0.25) is 0 Å². The van der Waals surface area contributed by atoms with Gasteiger partial charge in [-0.3, -0.25) is 4.79 Å². The molecule has 1 aromatic carbocycles. The molecule has 2 rings (SSSR count). The highest BCUT2D eigenvalue weighted by atomic mass is 16.5. The fraction of sp³-hybridized carbons (Fsp3) is 0.533. The number of benzene rings is 1. The number of nitrogens with one attached hydrogen (secondary N) is 2. The second-order valence-electron chi connectivity index (χ2n) is 4.90. The van der Waals surface area contributed by atoms with Crippen LogP contribution in [0.5, 0.6) is 5.75 Å². The number of carbonyl (C=O) groups excluding carboxylic acids is 1. The Hall–Kier alpha value is -1.55. The number of carbonyl (C=O) groups is 1. The van der Waals surface area contributed by atoms with Crippen LogP contribution < -0.4 is 15.4 Å². The van der Waals surface area contributed by atoms with E-state index in [1.54, 1.807) is 7.11 Å². The van der Waals surface area contributed by atoms with Gasteiger partial charge in [-0.15, -0.1) is 0 Å². The summed E-state index contributed by atoms with van der Waals surface area (Å²) < 4.78 is 5.19. The molecule has 4 nitrogen and oxygen atoms in total. The summed E-state index contributed by atoms with van der Waals surface area (Å²) in [7, 11) is 1.67. The number of hydrogen-bond donors (Lipinski definition) is 2. The predicted molar refractivity (Wildman–Crippen MR) is 75.3 cm³/mol. The van der Waals surface area contributed by atoms with E-state index in [-0.39, 0.29) is 11.9 Å². The van der Waals surface area contributed by atoms with Crippen LogP contribution in [-0.2, 0) is 11.2 Å². The fourth-order valence-corrected chi connectivity index (χ4v) is 2.36. The Kier molecular flexibility index (Phi) is 5.21. The van der Waals surface area contributed by atoms with Crippen molar-refractivity contribution >= 4 is 5.91 Å². The fourth-order valence-electron chi connectivity index (χ4n) is 2.36. The second kappa shape index (κ2) is 7.14. The number of methoxy groups -OCH3 is 1. The van der Waals surface area contributed by atoms with E-state index in [1.807, 2.05) is 18.2 Å². The average Bonchev–Trinajstić information content (AvgIpc) is 2.98. The number of rotatable bonds is 6. The topological polar surface area (TPSA) is 50.4 Å². The lowest BCUT2D eigenvalue weighted by Gasteiger charge is -2.11. The maximum absolute atomic E-state index is 11.8. The molecule has 1 saturated heterocycles. The highest BCUT2D eigenvalue weighted by molar-refractivity contribution is 5.81. The summed E-state index contributed by atoms with van der Waals surface area (Å²) in [6.45, 7) is 1.69. The summed E-state index contributed by atoms with van der Waals surface area (Å²) in [5.41, 5.74) is 1.24. The van der Waals surface area contributed by atoms with Gasteiger partial charge in [-0.05, 0) is 49.9 Å². The maximum Gasteiger partial charge on any atom is 0.237 e. The smallest absolute Gasteiger partial charge is 0.237 e. The van der Waals surface area contributed by atoms with Gasteiger partial charge in [0.25, 0.3) is 0 Å². The molecule has 1 heterocycles. The molecule has 19 heavy (non-hydrogen) atoms. The summed E-state index contributed by atoms with van der Waals surface area (Å²) >= 11 is 0. The van der Waals surface area contributed by atoms with Crippen LogP contribution in [0.4, 0.5) is 0 Å². The van der Waals surface area contributed by atoms with Crippen LogP contribution in [0, 0.1) is 0 Å². The zero-order valence-corrected chi connectivity index (χ0v) is 11.4. The molecule has 0 saturated carbocycles. The minimum Gasteiger partial charge on any atom is -0.497 e. The van der Waals surface area contributed by atoms with Crippen molar-refractivity contribution in [3.8, 4) is 5.75 Å². The Morgan fingerprint density at radius 3 is 3.16 bits per heavy atom. The van der Waals surface area contributed by atoms with E-state index in [1.165, 1.54) is 5.56 Å². The molecular formula is C15H22N2O2. The lowest BCUT2D eigenvalue weighted by atomic mass is 10.1. The second-order valence-corrected chi connectivity index (χ2v) is 4.90. The Labute approximate surface area is 114 Å². The van der Waals surface area contributed by atoms with Gasteiger partial charge in [-0.2, -0.15) is 0 Å². The number of ether oxygens (including phenoxy) is 1.